The zero-order valence-corrected chi connectivity index (χ0v) is 17.3. The summed E-state index contributed by atoms with van der Waals surface area (Å²) in [6.07, 6.45) is 0. The molecule has 0 spiro atoms. The van der Waals surface area contributed by atoms with Gasteiger partial charge in [0.1, 0.15) is 0 Å². The molecule has 1 atom stereocenters. The van der Waals surface area contributed by atoms with Crippen LogP contribution in [0, 0.1) is 0 Å². The molecule has 0 unspecified atom stereocenters. The molecule has 6 nitrogen and oxygen atoms in total. The quantitative estimate of drug-likeness (QED) is 0.700. The summed E-state index contributed by atoms with van der Waals surface area (Å²) in [5, 5.41) is 6.04. The highest BCUT2D eigenvalue weighted by molar-refractivity contribution is 7.92. The number of halogens is 1. The summed E-state index contributed by atoms with van der Waals surface area (Å²) in [7, 11) is -2.17. The largest absolute Gasteiger partial charge is 0.350 e. The first kappa shape index (κ1) is 23.0. The summed E-state index contributed by atoms with van der Waals surface area (Å²) in [6.45, 7) is 5.32. The molecule has 27 heavy (non-hydrogen) atoms. The van der Waals surface area contributed by atoms with E-state index in [0.717, 1.165) is 6.54 Å². The third-order valence-electron chi connectivity index (χ3n) is 4.02. The summed E-state index contributed by atoms with van der Waals surface area (Å²) < 4.78 is 26.7. The number of amides is 1. The van der Waals surface area contributed by atoms with Gasteiger partial charge in [-0.25, -0.2) is 8.42 Å². The van der Waals surface area contributed by atoms with Crippen molar-refractivity contribution in [2.24, 2.45) is 0 Å². The molecule has 0 heterocycles. The highest BCUT2D eigenvalue weighted by atomic mass is 35.5. The Kier molecular flexibility index (Phi) is 8.75. The van der Waals surface area contributed by atoms with E-state index < -0.39 is 10.0 Å². The number of nitrogens with zero attached hydrogens (tertiary/aromatic N) is 1. The first-order valence-electron chi connectivity index (χ1n) is 8.52. The summed E-state index contributed by atoms with van der Waals surface area (Å²) in [5.41, 5.74) is 1.00. The number of carbonyl (C=O) groups is 1. The molecule has 1 amide bonds. The molecule has 2 rings (SSSR count). The van der Waals surface area contributed by atoms with E-state index in [1.165, 1.54) is 35.6 Å². The summed E-state index contributed by atoms with van der Waals surface area (Å²) in [6, 6.07) is 15.0. The summed E-state index contributed by atoms with van der Waals surface area (Å²) in [5.74, 6) is -0.227. The molecule has 8 heteroatoms. The molecule has 0 aromatic heterocycles. The van der Waals surface area contributed by atoms with Crippen molar-refractivity contribution in [2.75, 3.05) is 24.4 Å². The number of para-hydroxylation sites is 1. The molecule has 0 bridgehead atoms. The average molecular weight is 412 g/mol. The van der Waals surface area contributed by atoms with Crippen LogP contribution in [0.1, 0.15) is 24.2 Å². The van der Waals surface area contributed by atoms with Gasteiger partial charge in [-0.3, -0.25) is 9.10 Å². The van der Waals surface area contributed by atoms with Gasteiger partial charge in [0.15, 0.2) is 0 Å². The number of sulfonamides is 1. The number of likely N-dealkylation sites (N-methyl/N-ethyl adjacent to an activating group) is 1. The molecule has 0 saturated carbocycles. The Morgan fingerprint density at radius 3 is 2.22 bits per heavy atom. The van der Waals surface area contributed by atoms with Gasteiger partial charge in [0, 0.05) is 25.2 Å². The van der Waals surface area contributed by atoms with Gasteiger partial charge in [-0.15, -0.1) is 12.4 Å². The van der Waals surface area contributed by atoms with E-state index in [-0.39, 0.29) is 29.3 Å². The minimum atomic E-state index is -3.68. The van der Waals surface area contributed by atoms with E-state index in [1.54, 1.807) is 24.3 Å². The lowest BCUT2D eigenvalue weighted by molar-refractivity contribution is 0.0950. The fraction of sp³-hybridized carbons (Fsp3) is 0.316. The van der Waals surface area contributed by atoms with Crippen LogP contribution in [0.2, 0.25) is 0 Å². The van der Waals surface area contributed by atoms with Gasteiger partial charge < -0.3 is 10.6 Å². The Bertz CT molecular complexity index is 827. The second-order valence-electron chi connectivity index (χ2n) is 6.00. The lowest BCUT2D eigenvalue weighted by atomic mass is 10.2. The number of anilines is 1. The summed E-state index contributed by atoms with van der Waals surface area (Å²) in [4.78, 5) is 12.3. The molecular formula is C19H26ClN3O3S. The molecule has 0 aliphatic carbocycles. The zero-order chi connectivity index (χ0) is 19.2. The van der Waals surface area contributed by atoms with Gasteiger partial charge in [0.25, 0.3) is 15.9 Å². The molecular weight excluding hydrogens is 386 g/mol. The molecule has 2 aromatic carbocycles. The lowest BCUT2D eigenvalue weighted by Gasteiger charge is -2.19. The number of hydrogen-bond donors (Lipinski definition) is 2. The maximum absolute atomic E-state index is 12.7. The number of hydrogen-bond acceptors (Lipinski definition) is 4. The standard InChI is InChI=1S/C19H25N3O3S.ClH/c1-4-20-15(2)14-21-19(23)16-10-12-18(13-11-16)26(24,25)22(3)17-8-6-5-7-9-17;/h5-13,15,20H,4,14H2,1-3H3,(H,21,23);1H/t15-;/m1./s1. The Morgan fingerprint density at radius 1 is 1.07 bits per heavy atom. The van der Waals surface area contributed by atoms with Gasteiger partial charge in [-0.2, -0.15) is 0 Å². The van der Waals surface area contributed by atoms with E-state index in [2.05, 4.69) is 10.6 Å². The van der Waals surface area contributed by atoms with Crippen molar-refractivity contribution in [3.8, 4) is 0 Å². The highest BCUT2D eigenvalue weighted by Gasteiger charge is 2.21. The normalized spacial score (nSPS) is 12.0. The van der Waals surface area contributed by atoms with Crippen LogP contribution in [0.25, 0.3) is 0 Å². The Labute approximate surface area is 167 Å². The Balaban J connectivity index is 0.00000364. The maximum atomic E-state index is 12.7. The lowest BCUT2D eigenvalue weighted by Crippen LogP contribution is -2.38. The first-order valence-corrected chi connectivity index (χ1v) is 9.96. The topological polar surface area (TPSA) is 78.5 Å². The minimum absolute atomic E-state index is 0. The van der Waals surface area contributed by atoms with Gasteiger partial charge >= 0.3 is 0 Å². The van der Waals surface area contributed by atoms with E-state index in [4.69, 9.17) is 0 Å². The van der Waals surface area contributed by atoms with Crippen LogP contribution in [0.4, 0.5) is 5.69 Å². The van der Waals surface area contributed by atoms with Crippen molar-refractivity contribution in [2.45, 2.75) is 24.8 Å². The van der Waals surface area contributed by atoms with E-state index in [0.29, 0.717) is 17.8 Å². The van der Waals surface area contributed by atoms with Crippen LogP contribution in [0.15, 0.2) is 59.5 Å². The molecule has 148 valence electrons. The highest BCUT2D eigenvalue weighted by Crippen LogP contribution is 2.21. The molecule has 2 aromatic rings. The maximum Gasteiger partial charge on any atom is 0.264 e. The van der Waals surface area contributed by atoms with Crippen LogP contribution in [0.5, 0.6) is 0 Å². The fourth-order valence-corrected chi connectivity index (χ4v) is 3.68. The van der Waals surface area contributed by atoms with E-state index in [1.807, 2.05) is 19.9 Å². The minimum Gasteiger partial charge on any atom is -0.350 e. The van der Waals surface area contributed by atoms with Gasteiger partial charge in [0.05, 0.1) is 10.6 Å². The van der Waals surface area contributed by atoms with Gasteiger partial charge in [-0.05, 0) is 49.9 Å². The zero-order valence-electron chi connectivity index (χ0n) is 15.7. The predicted octanol–water partition coefficient (Wildman–Crippen LogP) is 2.66. The molecule has 0 radical (unpaired) electrons. The Morgan fingerprint density at radius 2 is 1.67 bits per heavy atom. The van der Waals surface area contributed by atoms with Crippen LogP contribution in [-0.4, -0.2) is 40.5 Å². The van der Waals surface area contributed by atoms with Crippen LogP contribution in [0.3, 0.4) is 0 Å². The van der Waals surface area contributed by atoms with Crippen LogP contribution in [-0.2, 0) is 10.0 Å². The first-order chi connectivity index (χ1) is 12.4. The second kappa shape index (κ2) is 10.3. The SMILES string of the molecule is CCN[C@H](C)CNC(=O)c1ccc(S(=O)(=O)N(C)c2ccccc2)cc1.Cl. The van der Waals surface area contributed by atoms with Crippen molar-refractivity contribution in [3.63, 3.8) is 0 Å². The molecule has 0 aliphatic heterocycles. The van der Waals surface area contributed by atoms with Crippen LogP contribution < -0.4 is 14.9 Å². The van der Waals surface area contributed by atoms with E-state index >= 15 is 0 Å². The van der Waals surface area contributed by atoms with Crippen LogP contribution >= 0.6 is 12.4 Å². The van der Waals surface area contributed by atoms with Gasteiger partial charge in [0.2, 0.25) is 0 Å². The number of carbonyl (C=O) groups excluding carboxylic acids is 1. The van der Waals surface area contributed by atoms with Crippen molar-refractivity contribution in [3.05, 3.63) is 60.2 Å². The van der Waals surface area contributed by atoms with Crippen molar-refractivity contribution in [1.82, 2.24) is 10.6 Å². The number of benzene rings is 2. The third-order valence-corrected chi connectivity index (χ3v) is 5.82. The van der Waals surface area contributed by atoms with Gasteiger partial charge in [-0.1, -0.05) is 25.1 Å². The smallest absolute Gasteiger partial charge is 0.264 e. The fourth-order valence-electron chi connectivity index (χ4n) is 2.48. The average Bonchev–Trinajstić information content (AvgIpc) is 2.66. The number of rotatable bonds is 8. The van der Waals surface area contributed by atoms with Crippen molar-refractivity contribution < 1.29 is 13.2 Å². The van der Waals surface area contributed by atoms with Crippen molar-refractivity contribution in [1.29, 1.82) is 0 Å². The molecule has 2 N–H and O–H groups in total. The van der Waals surface area contributed by atoms with E-state index in [9.17, 15) is 13.2 Å². The molecule has 0 fully saturated rings. The predicted molar refractivity (Wildman–Crippen MR) is 111 cm³/mol. The summed E-state index contributed by atoms with van der Waals surface area (Å²) >= 11 is 0. The second-order valence-corrected chi connectivity index (χ2v) is 7.97. The Hall–Kier alpha value is -2.09. The molecule has 0 aliphatic rings. The number of nitrogens with one attached hydrogen (secondary N) is 2. The molecule has 0 saturated heterocycles. The third kappa shape index (κ3) is 5.95. The van der Waals surface area contributed by atoms with Crippen molar-refractivity contribution >= 4 is 34.0 Å². The monoisotopic (exact) mass is 411 g/mol.